The minimum absolute atomic E-state index is 0.0281. The van der Waals surface area contributed by atoms with Crippen molar-refractivity contribution in [3.8, 4) is 0 Å². The second-order valence-corrected chi connectivity index (χ2v) is 3.85. The van der Waals surface area contributed by atoms with Crippen LogP contribution in [0.5, 0.6) is 0 Å². The minimum Gasteiger partial charge on any atom is -0.398 e. The average molecular weight is 264 g/mol. The zero-order chi connectivity index (χ0) is 14.1. The van der Waals surface area contributed by atoms with E-state index in [0.29, 0.717) is 11.1 Å². The first-order valence-electron chi connectivity index (χ1n) is 5.01. The number of anilines is 2. The van der Waals surface area contributed by atoms with Crippen molar-refractivity contribution in [2.24, 2.45) is 0 Å². The molecule has 0 bridgehead atoms. The Morgan fingerprint density at radius 3 is 2.39 bits per heavy atom. The van der Waals surface area contributed by atoms with Gasteiger partial charge in [0, 0.05) is 11.4 Å². The number of benzene rings is 1. The van der Waals surface area contributed by atoms with Crippen molar-refractivity contribution < 1.29 is 22.4 Å². The quantitative estimate of drug-likeness (QED) is 0.651. The lowest BCUT2D eigenvalue weighted by Crippen LogP contribution is -2.41. The third-order valence-corrected chi connectivity index (χ3v) is 2.53. The normalized spacial score (nSPS) is 11.7. The molecule has 0 aliphatic carbocycles. The van der Waals surface area contributed by atoms with Gasteiger partial charge in [0.05, 0.1) is 0 Å². The summed E-state index contributed by atoms with van der Waals surface area (Å²) in [7, 11) is 0. The summed E-state index contributed by atoms with van der Waals surface area (Å²) in [5.41, 5.74) is 6.66. The molecule has 0 saturated heterocycles. The Bertz CT molecular complexity index is 474. The van der Waals surface area contributed by atoms with Crippen molar-refractivity contribution in [1.29, 1.82) is 0 Å². The predicted molar refractivity (Wildman–Crippen MR) is 59.9 cm³/mol. The number of nitrogen functional groups attached to an aromatic ring is 1. The fourth-order valence-electron chi connectivity index (χ4n) is 1.35. The number of nitrogens with one attached hydrogen (secondary N) is 1. The smallest absolute Gasteiger partial charge is 0.383 e. The van der Waals surface area contributed by atoms with Gasteiger partial charge in [-0.25, -0.2) is 8.78 Å². The van der Waals surface area contributed by atoms with E-state index in [0.717, 1.165) is 0 Å². The number of carbonyl (C=O) groups excluding carboxylic acids is 1. The van der Waals surface area contributed by atoms with E-state index < -0.39 is 18.3 Å². The SMILES string of the molecule is Cc1ccc(N)c(C)c1NC(=O)C(F)(F)C(F)F. The molecule has 3 N–H and O–H groups in total. The Kier molecular flexibility index (Phi) is 3.83. The molecule has 0 aromatic heterocycles. The fourth-order valence-corrected chi connectivity index (χ4v) is 1.35. The van der Waals surface area contributed by atoms with Gasteiger partial charge in [-0.2, -0.15) is 8.78 Å². The van der Waals surface area contributed by atoms with E-state index >= 15 is 0 Å². The zero-order valence-corrected chi connectivity index (χ0v) is 9.73. The number of nitrogens with two attached hydrogens (primary N) is 1. The standard InChI is InChI=1S/C11H12F4N2O/c1-5-3-4-7(16)6(2)8(5)17-10(18)11(14,15)9(12)13/h3-4,9H,16H2,1-2H3,(H,17,18). The van der Waals surface area contributed by atoms with Crippen LogP contribution in [0.1, 0.15) is 11.1 Å². The Balaban J connectivity index is 3.06. The van der Waals surface area contributed by atoms with Gasteiger partial charge in [0.2, 0.25) is 0 Å². The van der Waals surface area contributed by atoms with Gasteiger partial charge in [0.25, 0.3) is 0 Å². The maximum absolute atomic E-state index is 12.8. The van der Waals surface area contributed by atoms with Crippen molar-refractivity contribution >= 4 is 17.3 Å². The topological polar surface area (TPSA) is 55.1 Å². The van der Waals surface area contributed by atoms with Crippen LogP contribution < -0.4 is 11.1 Å². The Hall–Kier alpha value is -1.79. The van der Waals surface area contributed by atoms with Crippen molar-refractivity contribution in [2.75, 3.05) is 11.1 Å². The Labute approximate surface area is 101 Å². The van der Waals surface area contributed by atoms with E-state index in [1.54, 1.807) is 12.2 Å². The molecular weight excluding hydrogens is 252 g/mol. The molecule has 0 aliphatic heterocycles. The first-order chi connectivity index (χ1) is 8.17. The van der Waals surface area contributed by atoms with Gasteiger partial charge in [-0.15, -0.1) is 0 Å². The molecule has 7 heteroatoms. The van der Waals surface area contributed by atoms with Crippen molar-refractivity contribution in [1.82, 2.24) is 0 Å². The highest BCUT2D eigenvalue weighted by Crippen LogP contribution is 2.29. The molecule has 1 rings (SSSR count). The van der Waals surface area contributed by atoms with Crippen LogP contribution in [0.2, 0.25) is 0 Å². The van der Waals surface area contributed by atoms with Gasteiger partial charge in [0.1, 0.15) is 0 Å². The largest absolute Gasteiger partial charge is 0.398 e. The lowest BCUT2D eigenvalue weighted by molar-refractivity contribution is -0.163. The van der Waals surface area contributed by atoms with Gasteiger partial charge in [-0.05, 0) is 31.0 Å². The van der Waals surface area contributed by atoms with E-state index in [1.807, 2.05) is 0 Å². The predicted octanol–water partition coefficient (Wildman–Crippen LogP) is 2.72. The number of hydrogen-bond acceptors (Lipinski definition) is 2. The lowest BCUT2D eigenvalue weighted by Gasteiger charge is -2.18. The van der Waals surface area contributed by atoms with Gasteiger partial charge in [-0.3, -0.25) is 4.79 Å². The Morgan fingerprint density at radius 2 is 1.89 bits per heavy atom. The van der Waals surface area contributed by atoms with Gasteiger partial charge >= 0.3 is 18.3 Å². The third kappa shape index (κ3) is 2.55. The van der Waals surface area contributed by atoms with E-state index in [1.165, 1.54) is 19.1 Å². The van der Waals surface area contributed by atoms with Crippen LogP contribution in [0.4, 0.5) is 28.9 Å². The molecule has 0 heterocycles. The molecule has 0 radical (unpaired) electrons. The third-order valence-electron chi connectivity index (χ3n) is 2.53. The average Bonchev–Trinajstić information content (AvgIpc) is 2.29. The summed E-state index contributed by atoms with van der Waals surface area (Å²) in [6.45, 7) is 3.04. The fraction of sp³-hybridized carbons (Fsp3) is 0.364. The molecule has 0 unspecified atom stereocenters. The maximum Gasteiger partial charge on any atom is 0.383 e. The number of amides is 1. The number of rotatable bonds is 3. The van der Waals surface area contributed by atoms with Crippen LogP contribution in [-0.4, -0.2) is 18.3 Å². The highest BCUT2D eigenvalue weighted by molar-refractivity contribution is 5.98. The molecule has 0 atom stereocenters. The van der Waals surface area contributed by atoms with Crippen LogP contribution in [0.25, 0.3) is 0 Å². The molecule has 1 aromatic rings. The van der Waals surface area contributed by atoms with Crippen molar-refractivity contribution in [3.63, 3.8) is 0 Å². The van der Waals surface area contributed by atoms with E-state index in [-0.39, 0.29) is 11.4 Å². The highest BCUT2D eigenvalue weighted by Gasteiger charge is 2.49. The Morgan fingerprint density at radius 1 is 1.33 bits per heavy atom. The van der Waals surface area contributed by atoms with E-state index in [2.05, 4.69) is 0 Å². The molecular formula is C11H12F4N2O. The van der Waals surface area contributed by atoms with E-state index in [9.17, 15) is 22.4 Å². The summed E-state index contributed by atoms with van der Waals surface area (Å²) in [6, 6.07) is 3.03. The van der Waals surface area contributed by atoms with Gasteiger partial charge < -0.3 is 11.1 Å². The molecule has 3 nitrogen and oxygen atoms in total. The second-order valence-electron chi connectivity index (χ2n) is 3.85. The summed E-state index contributed by atoms with van der Waals surface area (Å²) in [5, 5.41) is 1.79. The summed E-state index contributed by atoms with van der Waals surface area (Å²) >= 11 is 0. The van der Waals surface area contributed by atoms with Gasteiger partial charge in [0.15, 0.2) is 0 Å². The lowest BCUT2D eigenvalue weighted by atomic mass is 10.1. The van der Waals surface area contributed by atoms with Crippen LogP contribution in [0, 0.1) is 13.8 Å². The molecule has 100 valence electrons. The molecule has 0 fully saturated rings. The highest BCUT2D eigenvalue weighted by atomic mass is 19.3. The summed E-state index contributed by atoms with van der Waals surface area (Å²) < 4.78 is 49.6. The second kappa shape index (κ2) is 4.83. The van der Waals surface area contributed by atoms with Crippen LogP contribution in [0.15, 0.2) is 12.1 Å². The molecule has 18 heavy (non-hydrogen) atoms. The minimum atomic E-state index is -4.73. The summed E-state index contributed by atoms with van der Waals surface area (Å²) in [4.78, 5) is 11.1. The van der Waals surface area contributed by atoms with Crippen LogP contribution >= 0.6 is 0 Å². The van der Waals surface area contributed by atoms with E-state index in [4.69, 9.17) is 5.73 Å². The summed E-state index contributed by atoms with van der Waals surface area (Å²) in [6.07, 6.45) is -4.06. The van der Waals surface area contributed by atoms with Crippen LogP contribution in [0.3, 0.4) is 0 Å². The van der Waals surface area contributed by atoms with Crippen molar-refractivity contribution in [2.45, 2.75) is 26.2 Å². The number of carbonyl (C=O) groups is 1. The number of hydrogen-bond donors (Lipinski definition) is 2. The molecule has 0 saturated carbocycles. The van der Waals surface area contributed by atoms with Crippen molar-refractivity contribution in [3.05, 3.63) is 23.3 Å². The molecule has 1 aromatic carbocycles. The number of alkyl halides is 4. The first kappa shape index (κ1) is 14.3. The number of halogens is 4. The number of aryl methyl sites for hydroxylation is 1. The molecule has 0 spiro atoms. The zero-order valence-electron chi connectivity index (χ0n) is 9.73. The summed E-state index contributed by atoms with van der Waals surface area (Å²) in [5.74, 6) is -6.78. The maximum atomic E-state index is 12.8. The van der Waals surface area contributed by atoms with Crippen LogP contribution in [-0.2, 0) is 4.79 Å². The first-order valence-corrected chi connectivity index (χ1v) is 5.01. The monoisotopic (exact) mass is 264 g/mol. The molecule has 1 amide bonds. The van der Waals surface area contributed by atoms with Gasteiger partial charge in [-0.1, -0.05) is 6.07 Å². The molecule has 0 aliphatic rings.